The van der Waals surface area contributed by atoms with E-state index in [9.17, 15) is 5.11 Å². The highest BCUT2D eigenvalue weighted by atomic mass is 16.3. The highest BCUT2D eigenvalue weighted by Crippen LogP contribution is 2.62. The molecule has 0 amide bonds. The van der Waals surface area contributed by atoms with Crippen molar-refractivity contribution in [2.45, 2.75) is 65.4 Å². The van der Waals surface area contributed by atoms with Crippen molar-refractivity contribution in [1.82, 2.24) is 0 Å². The first-order valence-corrected chi connectivity index (χ1v) is 7.14. The molecule has 0 aromatic heterocycles. The lowest BCUT2D eigenvalue weighted by Gasteiger charge is -2.42. The molecule has 0 spiro atoms. The Kier molecular flexibility index (Phi) is 3.29. The van der Waals surface area contributed by atoms with Crippen molar-refractivity contribution in [2.75, 3.05) is 0 Å². The molecule has 4 unspecified atom stereocenters. The molecule has 2 aliphatic carbocycles. The van der Waals surface area contributed by atoms with Crippen LogP contribution in [-0.2, 0) is 0 Å². The Balaban J connectivity index is 2.08. The summed E-state index contributed by atoms with van der Waals surface area (Å²) in [4.78, 5) is 0. The molecule has 0 aliphatic heterocycles. The number of aliphatic hydroxyl groups is 1. The summed E-state index contributed by atoms with van der Waals surface area (Å²) in [5.41, 5.74) is -0.282. The minimum Gasteiger partial charge on any atom is -0.377 e. The number of rotatable bonds is 2. The topological polar surface area (TPSA) is 20.2 Å². The van der Waals surface area contributed by atoms with Crippen LogP contribution in [0.5, 0.6) is 0 Å². The maximum absolute atomic E-state index is 10.7. The second-order valence-corrected chi connectivity index (χ2v) is 6.68. The Morgan fingerprint density at radius 2 is 2.06 bits per heavy atom. The highest BCUT2D eigenvalue weighted by molar-refractivity contribution is 5.24. The molecule has 0 heterocycles. The first kappa shape index (κ1) is 13.0. The van der Waals surface area contributed by atoms with Gasteiger partial charge in [-0.15, -0.1) is 5.92 Å². The van der Waals surface area contributed by atoms with Gasteiger partial charge in [-0.25, -0.2) is 0 Å². The molecule has 2 aliphatic rings. The van der Waals surface area contributed by atoms with Gasteiger partial charge in [0.25, 0.3) is 0 Å². The fourth-order valence-electron chi connectivity index (χ4n) is 3.81. The van der Waals surface area contributed by atoms with E-state index < -0.39 is 5.60 Å². The normalized spacial score (nSPS) is 42.3. The molecule has 2 rings (SSSR count). The first-order chi connectivity index (χ1) is 7.92. The molecule has 96 valence electrons. The highest BCUT2D eigenvalue weighted by Gasteiger charge is 2.60. The second kappa shape index (κ2) is 4.32. The molecule has 0 aromatic rings. The summed E-state index contributed by atoms with van der Waals surface area (Å²) in [7, 11) is 0. The lowest BCUT2D eigenvalue weighted by Crippen LogP contribution is -2.44. The lowest BCUT2D eigenvalue weighted by molar-refractivity contribution is -0.0250. The molecule has 2 bridgehead atoms. The third-order valence-electron chi connectivity index (χ3n) is 5.50. The minimum atomic E-state index is -0.673. The van der Waals surface area contributed by atoms with E-state index in [0.717, 1.165) is 19.3 Å². The van der Waals surface area contributed by atoms with E-state index in [1.807, 2.05) is 0 Å². The van der Waals surface area contributed by atoms with Crippen LogP contribution < -0.4 is 0 Å². The fraction of sp³-hybridized carbons (Fsp3) is 0.875. The average Bonchev–Trinajstić information content (AvgIpc) is 2.71. The molecule has 17 heavy (non-hydrogen) atoms. The maximum Gasteiger partial charge on any atom is 0.128 e. The van der Waals surface area contributed by atoms with Crippen molar-refractivity contribution in [2.24, 2.45) is 23.2 Å². The fourth-order valence-corrected chi connectivity index (χ4v) is 3.81. The molecular weight excluding hydrogens is 208 g/mol. The van der Waals surface area contributed by atoms with Gasteiger partial charge in [-0.05, 0) is 36.5 Å². The molecule has 1 nitrogen and oxygen atoms in total. The van der Waals surface area contributed by atoms with Crippen molar-refractivity contribution in [1.29, 1.82) is 0 Å². The molecule has 1 N–H and O–H groups in total. The summed E-state index contributed by atoms with van der Waals surface area (Å²) in [5, 5.41) is 10.7. The van der Waals surface area contributed by atoms with Crippen molar-refractivity contribution in [3.63, 3.8) is 0 Å². The quantitative estimate of drug-likeness (QED) is 0.571. The Bertz CT molecular complexity index is 342. The second-order valence-electron chi connectivity index (χ2n) is 6.68. The zero-order chi connectivity index (χ0) is 12.7. The monoisotopic (exact) mass is 234 g/mol. The molecule has 2 fully saturated rings. The van der Waals surface area contributed by atoms with Gasteiger partial charge < -0.3 is 5.11 Å². The Morgan fingerprint density at radius 3 is 2.59 bits per heavy atom. The average molecular weight is 234 g/mol. The van der Waals surface area contributed by atoms with E-state index in [1.54, 1.807) is 0 Å². The third kappa shape index (κ3) is 2.02. The van der Waals surface area contributed by atoms with Gasteiger partial charge in [0.05, 0.1) is 0 Å². The van der Waals surface area contributed by atoms with E-state index >= 15 is 0 Å². The number of unbranched alkanes of at least 4 members (excludes halogenated alkanes) is 2. The van der Waals surface area contributed by atoms with E-state index in [4.69, 9.17) is 0 Å². The molecule has 4 atom stereocenters. The molecule has 1 heteroatoms. The van der Waals surface area contributed by atoms with Crippen LogP contribution in [0.4, 0.5) is 0 Å². The standard InChI is InChI=1S/C16H26O/c1-5-6-7-8-9-16(17)11-13-10-14(16)12(2)15(13,3)4/h12-14,17H,5-7,10-11H2,1-4H3. The van der Waals surface area contributed by atoms with Crippen LogP contribution in [0.25, 0.3) is 0 Å². The summed E-state index contributed by atoms with van der Waals surface area (Å²) < 4.78 is 0. The van der Waals surface area contributed by atoms with Crippen molar-refractivity contribution in [3.05, 3.63) is 0 Å². The van der Waals surface area contributed by atoms with Crippen LogP contribution in [-0.4, -0.2) is 10.7 Å². The number of hydrogen-bond donors (Lipinski definition) is 1. The van der Waals surface area contributed by atoms with Crippen molar-refractivity contribution in [3.8, 4) is 11.8 Å². The molecule has 2 saturated carbocycles. The molecule has 0 saturated heterocycles. The van der Waals surface area contributed by atoms with Gasteiger partial charge in [0.15, 0.2) is 0 Å². The Hall–Kier alpha value is -0.480. The largest absolute Gasteiger partial charge is 0.377 e. The predicted octanol–water partition coefficient (Wildman–Crippen LogP) is 3.61. The summed E-state index contributed by atoms with van der Waals surface area (Å²) in [6, 6.07) is 0. The maximum atomic E-state index is 10.7. The number of hydrogen-bond acceptors (Lipinski definition) is 1. The van der Waals surface area contributed by atoms with Crippen LogP contribution >= 0.6 is 0 Å². The van der Waals surface area contributed by atoms with Crippen LogP contribution in [0.2, 0.25) is 0 Å². The minimum absolute atomic E-state index is 0.391. The predicted molar refractivity (Wildman–Crippen MR) is 71.4 cm³/mol. The van der Waals surface area contributed by atoms with E-state index in [-0.39, 0.29) is 0 Å². The zero-order valence-corrected chi connectivity index (χ0v) is 11.7. The van der Waals surface area contributed by atoms with Gasteiger partial charge in [0.2, 0.25) is 0 Å². The van der Waals surface area contributed by atoms with Gasteiger partial charge in [0.1, 0.15) is 5.60 Å². The van der Waals surface area contributed by atoms with Crippen molar-refractivity contribution >= 4 is 0 Å². The molecule has 0 aromatic carbocycles. The lowest BCUT2D eigenvalue weighted by atomic mass is 9.65. The molecular formula is C16H26O. The van der Waals surface area contributed by atoms with Gasteiger partial charge in [-0.3, -0.25) is 0 Å². The van der Waals surface area contributed by atoms with E-state index in [0.29, 0.717) is 23.2 Å². The zero-order valence-electron chi connectivity index (χ0n) is 11.7. The van der Waals surface area contributed by atoms with E-state index in [2.05, 4.69) is 39.5 Å². The SMILES string of the molecule is CCCCC#CC1(O)CC2CC1C(C)C2(C)C. The van der Waals surface area contributed by atoms with Crippen LogP contribution in [0, 0.1) is 35.0 Å². The van der Waals surface area contributed by atoms with Gasteiger partial charge in [-0.2, -0.15) is 0 Å². The number of fused-ring (bicyclic) bond motifs is 2. The summed E-state index contributed by atoms with van der Waals surface area (Å²) >= 11 is 0. The van der Waals surface area contributed by atoms with Crippen molar-refractivity contribution < 1.29 is 5.11 Å². The smallest absolute Gasteiger partial charge is 0.128 e. The Labute approximate surface area is 106 Å². The van der Waals surface area contributed by atoms with Gasteiger partial charge >= 0.3 is 0 Å². The summed E-state index contributed by atoms with van der Waals surface area (Å²) in [5.74, 6) is 8.05. The van der Waals surface area contributed by atoms with Gasteiger partial charge in [-0.1, -0.05) is 40.0 Å². The molecule has 0 radical (unpaired) electrons. The van der Waals surface area contributed by atoms with Gasteiger partial charge in [0, 0.05) is 12.3 Å². The van der Waals surface area contributed by atoms with Crippen LogP contribution in [0.15, 0.2) is 0 Å². The summed E-state index contributed by atoms with van der Waals surface area (Å²) in [6.45, 7) is 9.18. The van der Waals surface area contributed by atoms with E-state index in [1.165, 1.54) is 12.8 Å². The van der Waals surface area contributed by atoms with Crippen LogP contribution in [0.3, 0.4) is 0 Å². The Morgan fingerprint density at radius 1 is 1.35 bits per heavy atom. The first-order valence-electron chi connectivity index (χ1n) is 7.14. The van der Waals surface area contributed by atoms with Crippen LogP contribution in [0.1, 0.15) is 59.8 Å². The summed E-state index contributed by atoms with van der Waals surface area (Å²) in [6.07, 6.45) is 5.34. The third-order valence-corrected chi connectivity index (χ3v) is 5.50.